The molecule has 0 atom stereocenters. The average molecular weight is 266 g/mol. The fraction of sp³-hybridized carbons (Fsp3) is 0. The molecule has 0 unspecified atom stereocenters. The Morgan fingerprint density at radius 1 is 0.684 bits per heavy atom. The molecule has 0 bridgehead atoms. The highest BCUT2D eigenvalue weighted by molar-refractivity contribution is 7.66. The fourth-order valence-electron chi connectivity index (χ4n) is 1.95. The summed E-state index contributed by atoms with van der Waals surface area (Å²) in [5.74, 6) is 0. The van der Waals surface area contributed by atoms with E-state index in [0.29, 0.717) is 11.3 Å². The van der Waals surface area contributed by atoms with Gasteiger partial charge in [-0.05, 0) is 0 Å². The van der Waals surface area contributed by atoms with E-state index in [1.54, 1.807) is 0 Å². The van der Waals surface area contributed by atoms with Crippen molar-refractivity contribution in [3.63, 3.8) is 0 Å². The first-order chi connectivity index (χ1) is 9.38. The molecular weight excluding hydrogens is 256 g/mol. The van der Waals surface area contributed by atoms with Crippen molar-refractivity contribution in [1.29, 1.82) is 0 Å². The quantitative estimate of drug-likeness (QED) is 0.769. The molecule has 0 fully saturated rings. The van der Waals surface area contributed by atoms with E-state index in [0.717, 1.165) is 22.6 Å². The summed E-state index contributed by atoms with van der Waals surface area (Å²) in [7, 11) is 0. The monoisotopic (exact) mass is 266 g/mol. The molecule has 0 N–H and O–H groups in total. The summed E-state index contributed by atoms with van der Waals surface area (Å²) in [6.45, 7) is 0. The zero-order valence-electron chi connectivity index (χ0n) is 9.98. The normalized spacial score (nSPS) is 14.0. The van der Waals surface area contributed by atoms with E-state index >= 15 is 0 Å². The van der Waals surface area contributed by atoms with Crippen molar-refractivity contribution >= 4 is 27.8 Å². The number of rotatable bonds is 2. The molecule has 0 saturated heterocycles. The lowest BCUT2D eigenvalue weighted by molar-refractivity contribution is 0.700. The number of hydrogen-bond acceptors (Lipinski definition) is 1. The maximum atomic E-state index is 11.0. The Hall–Kier alpha value is -2.33. The van der Waals surface area contributed by atoms with Gasteiger partial charge in [-0.3, -0.25) is 0 Å². The van der Waals surface area contributed by atoms with E-state index in [9.17, 15) is 4.21 Å². The van der Waals surface area contributed by atoms with Gasteiger partial charge in [-0.1, -0.05) is 60.7 Å². The third-order valence-corrected chi connectivity index (χ3v) is 3.14. The number of aliphatic imine (C=N–C) groups is 2. The standard InChI is InChI=1S/C15H10N2OS/c18-19-15-16-13(11-7-3-1-4-8-11)14(17-15)12-9-5-2-6-10-12/h1-10H. The third-order valence-electron chi connectivity index (χ3n) is 2.81. The van der Waals surface area contributed by atoms with Crippen LogP contribution in [0.4, 0.5) is 0 Å². The summed E-state index contributed by atoms with van der Waals surface area (Å²) < 4.78 is 11.0. The van der Waals surface area contributed by atoms with Crippen molar-refractivity contribution < 1.29 is 4.21 Å². The molecule has 2 aromatic rings. The maximum absolute atomic E-state index is 11.0. The van der Waals surface area contributed by atoms with E-state index in [2.05, 4.69) is 9.98 Å². The zero-order chi connectivity index (χ0) is 13.1. The van der Waals surface area contributed by atoms with Gasteiger partial charge in [-0.2, -0.15) is 0 Å². The van der Waals surface area contributed by atoms with Gasteiger partial charge in [0, 0.05) is 11.1 Å². The molecule has 3 nitrogen and oxygen atoms in total. The van der Waals surface area contributed by atoms with E-state index in [4.69, 9.17) is 0 Å². The summed E-state index contributed by atoms with van der Waals surface area (Å²) >= 11 is 0.321. The lowest BCUT2D eigenvalue weighted by Crippen LogP contribution is -2.13. The number of benzene rings is 2. The molecule has 0 saturated carbocycles. The second kappa shape index (κ2) is 5.12. The molecule has 4 heteroatoms. The summed E-state index contributed by atoms with van der Waals surface area (Å²) in [4.78, 5) is 8.63. The lowest BCUT2D eigenvalue weighted by Gasteiger charge is -2.04. The van der Waals surface area contributed by atoms with Gasteiger partial charge in [0.25, 0.3) is 0 Å². The minimum absolute atomic E-state index is 0.262. The molecular formula is C15H10N2OS. The molecule has 0 aromatic heterocycles. The molecule has 3 rings (SSSR count). The van der Waals surface area contributed by atoms with Crippen LogP contribution in [-0.2, 0) is 11.3 Å². The minimum atomic E-state index is 0.262. The highest BCUT2D eigenvalue weighted by Gasteiger charge is 2.20. The Balaban J connectivity index is 2.14. The minimum Gasteiger partial charge on any atom is -0.214 e. The number of hydrogen-bond donors (Lipinski definition) is 0. The molecule has 19 heavy (non-hydrogen) atoms. The highest BCUT2D eigenvalue weighted by Crippen LogP contribution is 2.14. The van der Waals surface area contributed by atoms with Crippen molar-refractivity contribution in [2.45, 2.75) is 0 Å². The molecule has 0 amide bonds. The first-order valence-corrected chi connectivity index (χ1v) is 6.58. The summed E-state index contributed by atoms with van der Waals surface area (Å²) in [5, 5.41) is 0.262. The van der Waals surface area contributed by atoms with Crippen LogP contribution in [-0.4, -0.2) is 20.7 Å². The van der Waals surface area contributed by atoms with Gasteiger partial charge in [0.1, 0.15) is 22.7 Å². The largest absolute Gasteiger partial charge is 0.249 e. The van der Waals surface area contributed by atoms with Gasteiger partial charge in [0.2, 0.25) is 5.11 Å². The Bertz CT molecular complexity index is 657. The molecule has 0 aliphatic carbocycles. The molecule has 0 spiro atoms. The van der Waals surface area contributed by atoms with Crippen LogP contribution >= 0.6 is 0 Å². The second-order valence-electron chi connectivity index (χ2n) is 4.02. The van der Waals surface area contributed by atoms with Crippen LogP contribution in [0.5, 0.6) is 0 Å². The Kier molecular flexibility index (Phi) is 3.16. The number of nitrogens with zero attached hydrogens (tertiary/aromatic N) is 2. The molecule has 92 valence electrons. The zero-order valence-corrected chi connectivity index (χ0v) is 10.8. The van der Waals surface area contributed by atoms with Gasteiger partial charge >= 0.3 is 0 Å². The SMILES string of the molecule is O=S=C1N=C(c2ccccc2)C(c2ccccc2)=N1. The van der Waals surface area contributed by atoms with E-state index < -0.39 is 0 Å². The molecule has 0 radical (unpaired) electrons. The second-order valence-corrected chi connectivity index (χ2v) is 4.55. The fourth-order valence-corrected chi connectivity index (χ4v) is 2.21. The first kappa shape index (κ1) is 11.7. The van der Waals surface area contributed by atoms with E-state index in [1.165, 1.54) is 0 Å². The van der Waals surface area contributed by atoms with Gasteiger partial charge in [0.15, 0.2) is 0 Å². The van der Waals surface area contributed by atoms with Gasteiger partial charge in [-0.15, -0.1) is 0 Å². The van der Waals surface area contributed by atoms with E-state index in [1.807, 2.05) is 60.7 Å². The van der Waals surface area contributed by atoms with Crippen molar-refractivity contribution in [2.24, 2.45) is 9.98 Å². The molecule has 1 heterocycles. The Morgan fingerprint density at radius 2 is 1.11 bits per heavy atom. The first-order valence-electron chi connectivity index (χ1n) is 5.84. The van der Waals surface area contributed by atoms with Crippen molar-refractivity contribution in [2.75, 3.05) is 0 Å². The maximum Gasteiger partial charge on any atom is 0.249 e. The Labute approximate surface area is 114 Å². The predicted octanol–water partition coefficient (Wildman–Crippen LogP) is 2.28. The van der Waals surface area contributed by atoms with E-state index in [-0.39, 0.29) is 5.11 Å². The molecule has 2 aromatic carbocycles. The van der Waals surface area contributed by atoms with Gasteiger partial charge < -0.3 is 0 Å². The lowest BCUT2D eigenvalue weighted by atomic mass is 10.0. The van der Waals surface area contributed by atoms with Gasteiger partial charge in [-0.25, -0.2) is 14.2 Å². The summed E-state index contributed by atoms with van der Waals surface area (Å²) in [6, 6.07) is 19.6. The summed E-state index contributed by atoms with van der Waals surface area (Å²) in [5.41, 5.74) is 3.44. The topological polar surface area (TPSA) is 41.8 Å². The highest BCUT2D eigenvalue weighted by atomic mass is 32.1. The summed E-state index contributed by atoms with van der Waals surface area (Å²) in [6.07, 6.45) is 0. The van der Waals surface area contributed by atoms with Crippen molar-refractivity contribution in [1.82, 2.24) is 0 Å². The van der Waals surface area contributed by atoms with Crippen LogP contribution in [0.3, 0.4) is 0 Å². The van der Waals surface area contributed by atoms with Crippen LogP contribution in [0.25, 0.3) is 0 Å². The van der Waals surface area contributed by atoms with Crippen LogP contribution in [0, 0.1) is 0 Å². The van der Waals surface area contributed by atoms with Crippen LogP contribution in [0.2, 0.25) is 0 Å². The van der Waals surface area contributed by atoms with Crippen molar-refractivity contribution in [3.8, 4) is 0 Å². The third kappa shape index (κ3) is 2.30. The van der Waals surface area contributed by atoms with Crippen LogP contribution in [0.15, 0.2) is 70.6 Å². The van der Waals surface area contributed by atoms with Gasteiger partial charge in [0.05, 0.1) is 0 Å². The predicted molar refractivity (Wildman–Crippen MR) is 79.1 cm³/mol. The smallest absolute Gasteiger partial charge is 0.214 e. The van der Waals surface area contributed by atoms with Crippen LogP contribution < -0.4 is 0 Å². The van der Waals surface area contributed by atoms with Crippen molar-refractivity contribution in [3.05, 3.63) is 71.8 Å². The molecule has 1 aliphatic heterocycles. The van der Waals surface area contributed by atoms with Crippen LogP contribution in [0.1, 0.15) is 11.1 Å². The Morgan fingerprint density at radius 3 is 1.47 bits per heavy atom. The average Bonchev–Trinajstić information content (AvgIpc) is 2.93. The molecule has 1 aliphatic rings.